The summed E-state index contributed by atoms with van der Waals surface area (Å²) in [5.41, 5.74) is 1.02. The van der Waals surface area contributed by atoms with E-state index in [0.29, 0.717) is 29.6 Å². The SMILES string of the molecule is O=C1CC(CO)CN1CCc1cc(Cl)cc(Cl)c1. The number of carbonyl (C=O) groups is 1. The largest absolute Gasteiger partial charge is 0.396 e. The van der Waals surface area contributed by atoms with E-state index in [2.05, 4.69) is 0 Å². The molecule has 0 saturated carbocycles. The Balaban J connectivity index is 1.93. The summed E-state index contributed by atoms with van der Waals surface area (Å²) in [5.74, 6) is 0.197. The predicted molar refractivity (Wildman–Crippen MR) is 71.9 cm³/mol. The van der Waals surface area contributed by atoms with Gasteiger partial charge in [0.2, 0.25) is 5.91 Å². The summed E-state index contributed by atoms with van der Waals surface area (Å²) >= 11 is 11.8. The molecule has 1 heterocycles. The van der Waals surface area contributed by atoms with Gasteiger partial charge in [0.15, 0.2) is 0 Å². The standard InChI is InChI=1S/C13H15Cl2NO2/c14-11-3-9(4-12(15)6-11)1-2-16-7-10(8-17)5-13(16)18/h3-4,6,10,17H,1-2,5,7-8H2. The first-order valence-corrected chi connectivity index (χ1v) is 6.67. The van der Waals surface area contributed by atoms with Crippen LogP contribution in [0, 0.1) is 5.92 Å². The highest BCUT2D eigenvalue weighted by molar-refractivity contribution is 6.34. The molecule has 1 aliphatic rings. The van der Waals surface area contributed by atoms with Crippen molar-refractivity contribution < 1.29 is 9.90 Å². The van der Waals surface area contributed by atoms with Crippen LogP contribution in [0.4, 0.5) is 0 Å². The van der Waals surface area contributed by atoms with Gasteiger partial charge in [0.05, 0.1) is 0 Å². The van der Waals surface area contributed by atoms with Crippen LogP contribution in [-0.4, -0.2) is 35.6 Å². The topological polar surface area (TPSA) is 40.5 Å². The monoisotopic (exact) mass is 287 g/mol. The quantitative estimate of drug-likeness (QED) is 0.924. The van der Waals surface area contributed by atoms with Gasteiger partial charge in [-0.2, -0.15) is 0 Å². The molecule has 1 saturated heterocycles. The van der Waals surface area contributed by atoms with Crippen LogP contribution in [0.1, 0.15) is 12.0 Å². The van der Waals surface area contributed by atoms with Crippen LogP contribution in [0.3, 0.4) is 0 Å². The minimum atomic E-state index is 0.0746. The lowest BCUT2D eigenvalue weighted by atomic mass is 10.1. The Morgan fingerprint density at radius 1 is 1.28 bits per heavy atom. The van der Waals surface area contributed by atoms with Gasteiger partial charge in [0.25, 0.3) is 0 Å². The van der Waals surface area contributed by atoms with E-state index in [0.717, 1.165) is 12.0 Å². The summed E-state index contributed by atoms with van der Waals surface area (Å²) in [6.45, 7) is 1.36. The summed E-state index contributed by atoms with van der Waals surface area (Å²) in [6.07, 6.45) is 1.18. The smallest absolute Gasteiger partial charge is 0.223 e. The van der Waals surface area contributed by atoms with Gasteiger partial charge in [0.1, 0.15) is 0 Å². The molecule has 0 aliphatic carbocycles. The maximum absolute atomic E-state index is 11.7. The van der Waals surface area contributed by atoms with Crippen molar-refractivity contribution in [1.82, 2.24) is 4.90 Å². The summed E-state index contributed by atoms with van der Waals surface area (Å²) < 4.78 is 0. The van der Waals surface area contributed by atoms with Crippen molar-refractivity contribution in [3.63, 3.8) is 0 Å². The van der Waals surface area contributed by atoms with E-state index >= 15 is 0 Å². The Morgan fingerprint density at radius 2 is 1.94 bits per heavy atom. The summed E-state index contributed by atoms with van der Waals surface area (Å²) in [6, 6.07) is 5.41. The van der Waals surface area contributed by atoms with E-state index < -0.39 is 0 Å². The fourth-order valence-corrected chi connectivity index (χ4v) is 2.78. The van der Waals surface area contributed by atoms with Gasteiger partial charge in [-0.05, 0) is 30.2 Å². The van der Waals surface area contributed by atoms with Crippen LogP contribution in [-0.2, 0) is 11.2 Å². The van der Waals surface area contributed by atoms with Crippen LogP contribution in [0.2, 0.25) is 10.0 Å². The first-order chi connectivity index (χ1) is 8.58. The molecule has 1 fully saturated rings. The molecule has 98 valence electrons. The highest BCUT2D eigenvalue weighted by Gasteiger charge is 2.28. The highest BCUT2D eigenvalue weighted by Crippen LogP contribution is 2.21. The maximum atomic E-state index is 11.7. The van der Waals surface area contributed by atoms with Crippen LogP contribution in [0.25, 0.3) is 0 Å². The summed E-state index contributed by atoms with van der Waals surface area (Å²) in [5, 5.41) is 10.3. The fraction of sp³-hybridized carbons (Fsp3) is 0.462. The second-order valence-electron chi connectivity index (χ2n) is 4.62. The number of likely N-dealkylation sites (tertiary alicyclic amines) is 1. The fourth-order valence-electron chi connectivity index (χ4n) is 2.21. The molecule has 0 aromatic heterocycles. The number of aliphatic hydroxyl groups excluding tert-OH is 1. The molecule has 3 nitrogen and oxygen atoms in total. The lowest BCUT2D eigenvalue weighted by molar-refractivity contribution is -0.127. The minimum Gasteiger partial charge on any atom is -0.396 e. The number of hydrogen-bond donors (Lipinski definition) is 1. The van der Waals surface area contributed by atoms with Gasteiger partial charge >= 0.3 is 0 Å². The zero-order chi connectivity index (χ0) is 13.1. The van der Waals surface area contributed by atoms with Crippen molar-refractivity contribution in [2.75, 3.05) is 19.7 Å². The van der Waals surface area contributed by atoms with Crippen molar-refractivity contribution in [3.8, 4) is 0 Å². The van der Waals surface area contributed by atoms with Gasteiger partial charge in [-0.3, -0.25) is 4.79 Å². The van der Waals surface area contributed by atoms with E-state index in [1.807, 2.05) is 12.1 Å². The molecular formula is C13H15Cl2NO2. The van der Waals surface area contributed by atoms with Crippen molar-refractivity contribution in [2.24, 2.45) is 5.92 Å². The molecule has 1 atom stereocenters. The van der Waals surface area contributed by atoms with Crippen molar-refractivity contribution in [3.05, 3.63) is 33.8 Å². The second-order valence-corrected chi connectivity index (χ2v) is 5.49. The zero-order valence-electron chi connectivity index (χ0n) is 9.90. The molecule has 1 aromatic carbocycles. The molecule has 2 rings (SSSR count). The number of amides is 1. The Hall–Kier alpha value is -0.770. The zero-order valence-corrected chi connectivity index (χ0v) is 11.4. The molecule has 1 aromatic rings. The second kappa shape index (κ2) is 5.91. The molecule has 1 aliphatic heterocycles. The number of hydrogen-bond acceptors (Lipinski definition) is 2. The summed E-state index contributed by atoms with van der Waals surface area (Å²) in [4.78, 5) is 13.4. The van der Waals surface area contributed by atoms with E-state index in [1.165, 1.54) is 0 Å². The van der Waals surface area contributed by atoms with Crippen LogP contribution in [0.5, 0.6) is 0 Å². The molecule has 0 radical (unpaired) electrons. The average molecular weight is 288 g/mol. The minimum absolute atomic E-state index is 0.0746. The van der Waals surface area contributed by atoms with Gasteiger partial charge in [-0.15, -0.1) is 0 Å². The Kier molecular flexibility index (Phi) is 4.49. The molecule has 1 amide bonds. The van der Waals surface area contributed by atoms with Crippen LogP contribution >= 0.6 is 23.2 Å². The van der Waals surface area contributed by atoms with E-state index in [-0.39, 0.29) is 18.4 Å². The Morgan fingerprint density at radius 3 is 2.50 bits per heavy atom. The molecule has 5 heteroatoms. The first-order valence-electron chi connectivity index (χ1n) is 5.92. The first kappa shape index (κ1) is 13.7. The van der Waals surface area contributed by atoms with Gasteiger partial charge in [-0.1, -0.05) is 23.2 Å². The third-order valence-electron chi connectivity index (χ3n) is 3.15. The van der Waals surface area contributed by atoms with Gasteiger partial charge < -0.3 is 10.0 Å². The number of halogens is 2. The molecule has 18 heavy (non-hydrogen) atoms. The van der Waals surface area contributed by atoms with Crippen molar-refractivity contribution in [2.45, 2.75) is 12.8 Å². The number of benzene rings is 1. The average Bonchev–Trinajstić information content (AvgIpc) is 2.66. The van der Waals surface area contributed by atoms with Crippen LogP contribution < -0.4 is 0 Å². The normalized spacial score (nSPS) is 19.6. The number of nitrogens with zero attached hydrogens (tertiary/aromatic N) is 1. The van der Waals surface area contributed by atoms with E-state index in [4.69, 9.17) is 28.3 Å². The lowest BCUT2D eigenvalue weighted by Crippen LogP contribution is -2.27. The molecule has 1 unspecified atom stereocenters. The van der Waals surface area contributed by atoms with Crippen molar-refractivity contribution in [1.29, 1.82) is 0 Å². The van der Waals surface area contributed by atoms with Crippen LogP contribution in [0.15, 0.2) is 18.2 Å². The number of rotatable bonds is 4. The maximum Gasteiger partial charge on any atom is 0.223 e. The van der Waals surface area contributed by atoms with E-state index in [9.17, 15) is 4.79 Å². The number of carbonyl (C=O) groups excluding carboxylic acids is 1. The van der Waals surface area contributed by atoms with Gasteiger partial charge in [0, 0.05) is 42.1 Å². The lowest BCUT2D eigenvalue weighted by Gasteiger charge is -2.16. The van der Waals surface area contributed by atoms with E-state index in [1.54, 1.807) is 11.0 Å². The molecule has 0 bridgehead atoms. The highest BCUT2D eigenvalue weighted by atomic mass is 35.5. The molecule has 1 N–H and O–H groups in total. The Bertz CT molecular complexity index is 430. The predicted octanol–water partition coefficient (Wildman–Crippen LogP) is 2.38. The third-order valence-corrected chi connectivity index (χ3v) is 3.58. The molecular weight excluding hydrogens is 273 g/mol. The summed E-state index contributed by atoms with van der Waals surface area (Å²) in [7, 11) is 0. The Labute approximate surface area is 116 Å². The van der Waals surface area contributed by atoms with Crippen molar-refractivity contribution >= 4 is 29.1 Å². The third kappa shape index (κ3) is 3.37. The number of aliphatic hydroxyl groups is 1. The van der Waals surface area contributed by atoms with Gasteiger partial charge in [-0.25, -0.2) is 0 Å². The molecule has 0 spiro atoms.